The van der Waals surface area contributed by atoms with Crippen molar-refractivity contribution < 1.29 is 32.9 Å². The van der Waals surface area contributed by atoms with Gasteiger partial charge in [-0.1, -0.05) is 173 Å². The van der Waals surface area contributed by atoms with Crippen molar-refractivity contribution in [1.29, 1.82) is 0 Å². The number of nitrogens with one attached hydrogen (secondary N) is 1. The van der Waals surface area contributed by atoms with Crippen LogP contribution in [0.15, 0.2) is 24.3 Å². The van der Waals surface area contributed by atoms with E-state index in [0.717, 1.165) is 38.5 Å². The number of carbonyl (C=O) groups is 1. The fourth-order valence-corrected chi connectivity index (χ4v) is 6.71. The Morgan fingerprint density at radius 2 is 1.10 bits per heavy atom. The highest BCUT2D eigenvalue weighted by Crippen LogP contribution is 2.38. The van der Waals surface area contributed by atoms with E-state index in [1.165, 1.54) is 128 Å². The molecule has 51 heavy (non-hydrogen) atoms. The second-order valence-corrected chi connectivity index (χ2v) is 17.1. The van der Waals surface area contributed by atoms with Gasteiger partial charge in [-0.15, -0.1) is 0 Å². The third kappa shape index (κ3) is 37.1. The molecule has 0 heterocycles. The Morgan fingerprint density at radius 3 is 1.59 bits per heavy atom. The lowest BCUT2D eigenvalue weighted by molar-refractivity contribution is -0.870. The van der Waals surface area contributed by atoms with E-state index >= 15 is 0 Å². The van der Waals surface area contributed by atoms with E-state index in [4.69, 9.17) is 9.05 Å². The highest BCUT2D eigenvalue weighted by Gasteiger charge is 2.23. The number of aliphatic hydroxyl groups is 1. The molecule has 0 saturated heterocycles. The predicted molar refractivity (Wildman–Crippen MR) is 215 cm³/mol. The molecular weight excluding hydrogens is 659 g/mol. The maximum absolute atomic E-state index is 12.8. The summed E-state index contributed by atoms with van der Waals surface area (Å²) < 4.78 is 23.1. The summed E-state index contributed by atoms with van der Waals surface area (Å²) in [5.41, 5.74) is 0. The average Bonchev–Trinajstić information content (AvgIpc) is 3.07. The molecule has 0 aromatic rings. The number of rotatable bonds is 38. The SMILES string of the molecule is CCCCCCCCCCC/C=C/CC/C=C/C(O)C(COP(=O)([O-])OCC[N+](C)(C)C)NC(=O)CCCCCCCCCCCCCCCC. The molecule has 3 unspecified atom stereocenters. The smallest absolute Gasteiger partial charge is 0.268 e. The zero-order valence-electron chi connectivity index (χ0n) is 34.1. The number of likely N-dealkylation sites (N-methyl/N-ethyl adjacent to an activating group) is 1. The molecule has 0 fully saturated rings. The number of nitrogens with zero attached hydrogens (tertiary/aromatic N) is 1. The molecule has 0 aliphatic rings. The standard InChI is InChI=1S/C42H83N2O6P/c1-6-8-10-12-14-16-18-20-22-23-25-27-29-31-33-35-41(45)40(39-50-51(47,48)49-38-37-44(3,4)5)43-42(46)36-34-32-30-28-26-24-21-19-17-15-13-11-9-7-2/h25,27,33,35,40-41,45H,6-24,26,28-32,34,36-39H2,1-5H3,(H-,43,46,47,48)/b27-25+,35-33+. The van der Waals surface area contributed by atoms with Gasteiger partial charge in [0.2, 0.25) is 5.91 Å². The normalized spacial score (nSPS) is 14.7. The van der Waals surface area contributed by atoms with Crippen molar-refractivity contribution in [2.24, 2.45) is 0 Å². The Bertz CT molecular complexity index is 891. The molecule has 0 aromatic carbocycles. The number of unbranched alkanes of at least 4 members (excludes halogenated alkanes) is 23. The van der Waals surface area contributed by atoms with Gasteiger partial charge in [-0.3, -0.25) is 9.36 Å². The second-order valence-electron chi connectivity index (χ2n) is 15.7. The molecule has 8 nitrogen and oxygen atoms in total. The van der Waals surface area contributed by atoms with Gasteiger partial charge in [0.1, 0.15) is 13.2 Å². The molecule has 0 saturated carbocycles. The predicted octanol–water partition coefficient (Wildman–Crippen LogP) is 10.7. The van der Waals surface area contributed by atoms with E-state index in [1.807, 2.05) is 27.2 Å². The van der Waals surface area contributed by atoms with Gasteiger partial charge in [-0.2, -0.15) is 0 Å². The quantitative estimate of drug-likeness (QED) is 0.0282. The van der Waals surface area contributed by atoms with Crippen LogP contribution in [0, 0.1) is 0 Å². The molecule has 0 bridgehead atoms. The molecule has 9 heteroatoms. The van der Waals surface area contributed by atoms with E-state index in [1.54, 1.807) is 6.08 Å². The van der Waals surface area contributed by atoms with Gasteiger partial charge in [0.15, 0.2) is 0 Å². The zero-order valence-corrected chi connectivity index (χ0v) is 35.0. The van der Waals surface area contributed by atoms with Crippen molar-refractivity contribution in [3.05, 3.63) is 24.3 Å². The van der Waals surface area contributed by atoms with Crippen molar-refractivity contribution in [3.8, 4) is 0 Å². The highest BCUT2D eigenvalue weighted by molar-refractivity contribution is 7.45. The molecule has 0 aromatic heterocycles. The second kappa shape index (κ2) is 34.7. The number of phosphoric acid groups is 1. The van der Waals surface area contributed by atoms with Crippen LogP contribution in [0.4, 0.5) is 0 Å². The van der Waals surface area contributed by atoms with Crippen LogP contribution in [0.5, 0.6) is 0 Å². The minimum Gasteiger partial charge on any atom is -0.756 e. The average molecular weight is 743 g/mol. The fraction of sp³-hybridized carbons (Fsp3) is 0.881. The maximum atomic E-state index is 12.8. The number of quaternary nitrogens is 1. The molecule has 0 aliphatic heterocycles. The van der Waals surface area contributed by atoms with Gasteiger partial charge >= 0.3 is 0 Å². The third-order valence-electron chi connectivity index (χ3n) is 9.41. The first-order valence-electron chi connectivity index (χ1n) is 21.2. The number of aliphatic hydroxyl groups excluding tert-OH is 1. The Labute approximate surface area is 315 Å². The van der Waals surface area contributed by atoms with Crippen molar-refractivity contribution >= 4 is 13.7 Å². The Balaban J connectivity index is 4.51. The number of hydrogen-bond donors (Lipinski definition) is 2. The Morgan fingerprint density at radius 1 is 0.667 bits per heavy atom. The van der Waals surface area contributed by atoms with E-state index in [9.17, 15) is 19.4 Å². The van der Waals surface area contributed by atoms with Crippen LogP contribution in [-0.4, -0.2) is 68.5 Å². The summed E-state index contributed by atoms with van der Waals surface area (Å²) in [6.45, 7) is 4.62. The van der Waals surface area contributed by atoms with E-state index in [-0.39, 0.29) is 19.1 Å². The van der Waals surface area contributed by atoms with Crippen molar-refractivity contribution in [2.75, 3.05) is 40.9 Å². The minimum atomic E-state index is -4.59. The molecule has 3 atom stereocenters. The molecule has 0 radical (unpaired) electrons. The van der Waals surface area contributed by atoms with Crippen LogP contribution >= 0.6 is 7.82 Å². The molecule has 0 rings (SSSR count). The molecule has 2 N–H and O–H groups in total. The number of phosphoric ester groups is 1. The van der Waals surface area contributed by atoms with Gasteiger partial charge in [0.25, 0.3) is 7.82 Å². The lowest BCUT2D eigenvalue weighted by Gasteiger charge is -2.29. The minimum absolute atomic E-state index is 0.00444. The number of carbonyl (C=O) groups excluding carboxylic acids is 1. The van der Waals surface area contributed by atoms with Crippen molar-refractivity contribution in [3.63, 3.8) is 0 Å². The molecule has 302 valence electrons. The van der Waals surface area contributed by atoms with Crippen LogP contribution in [0.25, 0.3) is 0 Å². The van der Waals surface area contributed by atoms with Gasteiger partial charge in [-0.25, -0.2) is 0 Å². The highest BCUT2D eigenvalue weighted by atomic mass is 31.2. The first-order valence-corrected chi connectivity index (χ1v) is 22.7. The Kier molecular flexibility index (Phi) is 34.0. The fourth-order valence-electron chi connectivity index (χ4n) is 5.99. The van der Waals surface area contributed by atoms with Gasteiger partial charge < -0.3 is 28.8 Å². The largest absolute Gasteiger partial charge is 0.756 e. The van der Waals surface area contributed by atoms with Crippen LogP contribution in [0.3, 0.4) is 0 Å². The van der Waals surface area contributed by atoms with Crippen LogP contribution in [0.2, 0.25) is 0 Å². The van der Waals surface area contributed by atoms with Crippen molar-refractivity contribution in [2.45, 2.75) is 199 Å². The Hall–Kier alpha value is -1.02. The monoisotopic (exact) mass is 743 g/mol. The summed E-state index contributed by atoms with van der Waals surface area (Å²) in [5, 5.41) is 13.7. The lowest BCUT2D eigenvalue weighted by atomic mass is 10.0. The first-order chi connectivity index (χ1) is 24.5. The first kappa shape index (κ1) is 50.0. The summed E-state index contributed by atoms with van der Waals surface area (Å²) in [7, 11) is 1.25. The third-order valence-corrected chi connectivity index (χ3v) is 10.4. The lowest BCUT2D eigenvalue weighted by Crippen LogP contribution is -2.45. The van der Waals surface area contributed by atoms with E-state index < -0.39 is 20.0 Å². The van der Waals surface area contributed by atoms with Gasteiger partial charge in [0, 0.05) is 6.42 Å². The number of hydrogen-bond acceptors (Lipinski definition) is 6. The molecule has 0 aliphatic carbocycles. The van der Waals surface area contributed by atoms with E-state index in [0.29, 0.717) is 17.4 Å². The molecule has 0 spiro atoms. The molecular formula is C42H83N2O6P. The van der Waals surface area contributed by atoms with Crippen molar-refractivity contribution in [1.82, 2.24) is 5.32 Å². The number of amides is 1. The summed E-state index contributed by atoms with van der Waals surface area (Å²) in [4.78, 5) is 25.2. The summed E-state index contributed by atoms with van der Waals surface area (Å²) in [6.07, 6.45) is 39.3. The van der Waals surface area contributed by atoms with Crippen LogP contribution in [0.1, 0.15) is 187 Å². The molecule has 1 amide bonds. The summed E-state index contributed by atoms with van der Waals surface area (Å²) in [6, 6.07) is -0.896. The summed E-state index contributed by atoms with van der Waals surface area (Å²) in [5.74, 6) is -0.207. The summed E-state index contributed by atoms with van der Waals surface area (Å²) >= 11 is 0. The van der Waals surface area contributed by atoms with Crippen LogP contribution < -0.4 is 10.2 Å². The van der Waals surface area contributed by atoms with Gasteiger partial charge in [-0.05, 0) is 32.1 Å². The zero-order chi connectivity index (χ0) is 37.9. The van der Waals surface area contributed by atoms with Gasteiger partial charge in [0.05, 0.1) is 39.9 Å². The topological polar surface area (TPSA) is 108 Å². The maximum Gasteiger partial charge on any atom is 0.268 e. The van der Waals surface area contributed by atoms with Crippen LogP contribution in [-0.2, 0) is 18.4 Å². The number of allylic oxidation sites excluding steroid dienone is 3. The van der Waals surface area contributed by atoms with E-state index in [2.05, 4.69) is 31.3 Å².